The van der Waals surface area contributed by atoms with Crippen LogP contribution in [0.3, 0.4) is 0 Å². The number of rotatable bonds is 14. The van der Waals surface area contributed by atoms with Gasteiger partial charge < -0.3 is 9.47 Å². The molecular weight excluding hydrogens is 869 g/mol. The van der Waals surface area contributed by atoms with Crippen LogP contribution in [0.2, 0.25) is 0 Å². The van der Waals surface area contributed by atoms with Gasteiger partial charge in [-0.25, -0.2) is 0 Å². The molecule has 0 unspecified atom stereocenters. The van der Waals surface area contributed by atoms with Gasteiger partial charge in [0.1, 0.15) is 24.7 Å². The molecule has 0 atom stereocenters. The third-order valence-corrected chi connectivity index (χ3v) is 14.1. The SMILES string of the molecule is C=Cc1ccc(COc2ccc3cc(C4(c5ccc6cc(OCc7ccc(C=C)cc7)ccc6c5)c5cc(-c6ccc(C(C)=O)cc6)ccc5-c5ccc(-c6ccc(C(C)=O)cc6)cc54)ccc3c2)cc1. The van der Waals surface area contributed by atoms with E-state index in [9.17, 15) is 9.59 Å². The molecule has 342 valence electrons. The van der Waals surface area contributed by atoms with Crippen molar-refractivity contribution in [2.45, 2.75) is 32.5 Å². The fourth-order valence-electron chi connectivity index (χ4n) is 10.2. The lowest BCUT2D eigenvalue weighted by molar-refractivity contribution is 0.100. The van der Waals surface area contributed by atoms with E-state index >= 15 is 0 Å². The Morgan fingerprint density at radius 1 is 0.408 bits per heavy atom. The summed E-state index contributed by atoms with van der Waals surface area (Å²) >= 11 is 0. The van der Waals surface area contributed by atoms with Gasteiger partial charge in [-0.1, -0.05) is 183 Å². The molecule has 4 nitrogen and oxygen atoms in total. The molecule has 0 bridgehead atoms. The highest BCUT2D eigenvalue weighted by molar-refractivity contribution is 5.97. The van der Waals surface area contributed by atoms with Crippen LogP contribution in [0.25, 0.3) is 67.1 Å². The summed E-state index contributed by atoms with van der Waals surface area (Å²) in [6.45, 7) is 11.9. The molecule has 0 saturated carbocycles. The smallest absolute Gasteiger partial charge is 0.159 e. The molecule has 71 heavy (non-hydrogen) atoms. The van der Waals surface area contributed by atoms with E-state index in [1.165, 1.54) is 0 Å². The quantitative estimate of drug-likeness (QED) is 0.102. The van der Waals surface area contributed by atoms with Crippen LogP contribution >= 0.6 is 0 Å². The van der Waals surface area contributed by atoms with Crippen LogP contribution < -0.4 is 9.47 Å². The summed E-state index contributed by atoms with van der Waals surface area (Å²) < 4.78 is 12.7. The largest absolute Gasteiger partial charge is 0.489 e. The summed E-state index contributed by atoms with van der Waals surface area (Å²) in [4.78, 5) is 24.7. The van der Waals surface area contributed by atoms with Gasteiger partial charge in [-0.05, 0) is 162 Å². The molecule has 10 aromatic rings. The first-order chi connectivity index (χ1) is 34.7. The highest BCUT2D eigenvalue weighted by Gasteiger charge is 2.47. The van der Waals surface area contributed by atoms with E-state index in [0.717, 1.165) is 111 Å². The van der Waals surface area contributed by atoms with Crippen molar-refractivity contribution in [3.63, 3.8) is 0 Å². The zero-order chi connectivity index (χ0) is 48.6. The minimum atomic E-state index is -0.794. The van der Waals surface area contributed by atoms with Crippen molar-refractivity contribution in [1.29, 1.82) is 0 Å². The first-order valence-electron chi connectivity index (χ1n) is 24.0. The fourth-order valence-corrected chi connectivity index (χ4v) is 10.2. The first-order valence-corrected chi connectivity index (χ1v) is 24.0. The third-order valence-electron chi connectivity index (χ3n) is 14.1. The number of ketones is 2. The summed E-state index contributed by atoms with van der Waals surface area (Å²) in [7, 11) is 0. The molecule has 0 aliphatic heterocycles. The van der Waals surface area contributed by atoms with Crippen LogP contribution in [0.15, 0.2) is 219 Å². The molecule has 0 spiro atoms. The van der Waals surface area contributed by atoms with Crippen molar-refractivity contribution < 1.29 is 19.1 Å². The minimum Gasteiger partial charge on any atom is -0.489 e. The van der Waals surface area contributed by atoms with Crippen LogP contribution in [-0.4, -0.2) is 11.6 Å². The van der Waals surface area contributed by atoms with Gasteiger partial charge >= 0.3 is 0 Å². The molecule has 0 fully saturated rings. The molecule has 0 amide bonds. The van der Waals surface area contributed by atoms with E-state index in [0.29, 0.717) is 24.3 Å². The molecule has 1 aliphatic rings. The number of hydrogen-bond donors (Lipinski definition) is 0. The van der Waals surface area contributed by atoms with Crippen LogP contribution in [0.1, 0.15) is 79.1 Å². The molecule has 0 radical (unpaired) electrons. The summed E-state index contributed by atoms with van der Waals surface area (Å²) in [5, 5.41) is 4.33. The van der Waals surface area contributed by atoms with E-state index in [4.69, 9.17) is 9.47 Å². The number of hydrogen-bond acceptors (Lipinski definition) is 4. The minimum absolute atomic E-state index is 0.0359. The maximum Gasteiger partial charge on any atom is 0.159 e. The van der Waals surface area contributed by atoms with Crippen LogP contribution in [0.4, 0.5) is 0 Å². The molecule has 1 aliphatic carbocycles. The lowest BCUT2D eigenvalue weighted by atomic mass is 9.66. The first kappa shape index (κ1) is 44.6. The molecule has 0 N–H and O–H groups in total. The van der Waals surface area contributed by atoms with Crippen molar-refractivity contribution in [3.05, 3.63) is 275 Å². The molecule has 11 rings (SSSR count). The number of ether oxygens (including phenoxy) is 2. The van der Waals surface area contributed by atoms with Gasteiger partial charge in [-0.15, -0.1) is 0 Å². The second-order valence-electron chi connectivity index (χ2n) is 18.5. The summed E-state index contributed by atoms with van der Waals surface area (Å²) in [5.74, 6) is 1.67. The summed E-state index contributed by atoms with van der Waals surface area (Å²) in [5.41, 5.74) is 15.9. The highest BCUT2D eigenvalue weighted by Crippen LogP contribution is 2.58. The van der Waals surface area contributed by atoms with Gasteiger partial charge in [0.2, 0.25) is 0 Å². The normalized spacial score (nSPS) is 12.3. The molecule has 10 aromatic carbocycles. The fraction of sp³-hybridized carbons (Fsp3) is 0.0746. The Bertz CT molecular complexity index is 3460. The lowest BCUT2D eigenvalue weighted by Crippen LogP contribution is -2.28. The molecule has 0 saturated heterocycles. The van der Waals surface area contributed by atoms with Gasteiger partial charge in [0.05, 0.1) is 5.41 Å². The van der Waals surface area contributed by atoms with E-state index in [-0.39, 0.29) is 11.6 Å². The highest BCUT2D eigenvalue weighted by atomic mass is 16.5. The maximum atomic E-state index is 12.4. The van der Waals surface area contributed by atoms with Crippen LogP contribution in [-0.2, 0) is 18.6 Å². The lowest BCUT2D eigenvalue weighted by Gasteiger charge is -2.35. The molecule has 4 heteroatoms. The van der Waals surface area contributed by atoms with E-state index in [2.05, 4.69) is 171 Å². The summed E-state index contributed by atoms with van der Waals surface area (Å²) in [6, 6.07) is 72.3. The zero-order valence-electron chi connectivity index (χ0n) is 39.7. The van der Waals surface area contributed by atoms with Gasteiger partial charge in [0.15, 0.2) is 11.6 Å². The standard InChI is InChI=1S/C67H50O4/c1-5-45-7-11-47(12-8-45)41-70-61-31-25-53-35-59(29-23-55(53)37-61)67(60-30-24-56-38-62(32-26-54(56)36-60)71-42-48-13-9-46(6-2)10-14-48)65-39-57(51-19-15-49(16-20-51)43(3)68)27-33-63(65)64-34-28-58(40-66(64)67)52-21-17-50(18-22-52)44(4)69/h5-40H,1-2,41-42H2,3-4H3. The zero-order valence-corrected chi connectivity index (χ0v) is 39.7. The van der Waals surface area contributed by atoms with Gasteiger partial charge in [0, 0.05) is 11.1 Å². The topological polar surface area (TPSA) is 52.6 Å². The predicted molar refractivity (Wildman–Crippen MR) is 291 cm³/mol. The van der Waals surface area contributed by atoms with Gasteiger partial charge in [-0.2, -0.15) is 0 Å². The predicted octanol–water partition coefficient (Wildman–Crippen LogP) is 16.5. The monoisotopic (exact) mass is 918 g/mol. The Balaban J connectivity index is 1.08. The average Bonchev–Trinajstić information content (AvgIpc) is 3.71. The summed E-state index contributed by atoms with van der Waals surface area (Å²) in [6.07, 6.45) is 3.69. The Labute approximate surface area is 414 Å². The number of carbonyl (C=O) groups excluding carboxylic acids is 2. The van der Waals surface area contributed by atoms with Crippen LogP contribution in [0, 0.1) is 0 Å². The van der Waals surface area contributed by atoms with Gasteiger partial charge in [0.25, 0.3) is 0 Å². The van der Waals surface area contributed by atoms with Crippen molar-refractivity contribution in [2.24, 2.45) is 0 Å². The molecular formula is C67H50O4. The molecule has 0 heterocycles. The van der Waals surface area contributed by atoms with Crippen molar-refractivity contribution in [3.8, 4) is 44.9 Å². The van der Waals surface area contributed by atoms with E-state index in [1.54, 1.807) is 13.8 Å². The Hall–Kier alpha value is -8.86. The van der Waals surface area contributed by atoms with Crippen LogP contribution in [0.5, 0.6) is 11.5 Å². The Morgan fingerprint density at radius 2 is 0.775 bits per heavy atom. The van der Waals surface area contributed by atoms with E-state index in [1.807, 2.05) is 60.7 Å². The number of Topliss-reactive ketones (excluding diaryl/α,β-unsaturated/α-hetero) is 2. The second kappa shape index (κ2) is 18.6. The van der Waals surface area contributed by atoms with Gasteiger partial charge in [-0.3, -0.25) is 9.59 Å². The van der Waals surface area contributed by atoms with E-state index < -0.39 is 5.41 Å². The number of benzene rings is 10. The van der Waals surface area contributed by atoms with Crippen molar-refractivity contribution >= 4 is 45.3 Å². The average molecular weight is 919 g/mol. The van der Waals surface area contributed by atoms with Crippen molar-refractivity contribution in [1.82, 2.24) is 0 Å². The van der Waals surface area contributed by atoms with Crippen molar-refractivity contribution in [2.75, 3.05) is 0 Å². The Kier molecular flexibility index (Phi) is 11.7. The number of fused-ring (bicyclic) bond motifs is 5. The Morgan fingerprint density at radius 3 is 1.15 bits per heavy atom. The third kappa shape index (κ3) is 8.44. The number of carbonyl (C=O) groups is 2. The molecule has 0 aromatic heterocycles. The second-order valence-corrected chi connectivity index (χ2v) is 18.5. The maximum absolute atomic E-state index is 12.4.